The Bertz CT molecular complexity index is 850. The highest BCUT2D eigenvalue weighted by atomic mass is 79.9. The molecule has 0 saturated carbocycles. The number of carbonyl (C=O) groups is 2. The fourth-order valence-corrected chi connectivity index (χ4v) is 3.02. The van der Waals surface area contributed by atoms with Crippen LogP contribution in [0.4, 0.5) is 4.79 Å². The topological polar surface area (TPSA) is 76.7 Å². The Balaban J connectivity index is 1.67. The summed E-state index contributed by atoms with van der Waals surface area (Å²) >= 11 is 3.38. The minimum atomic E-state index is -0.575. The normalized spacial score (nSPS) is 16.4. The molecular weight excluding hydrogens is 412 g/mol. The second-order valence-electron chi connectivity index (χ2n) is 5.92. The molecule has 140 valence electrons. The Labute approximate surface area is 165 Å². The molecule has 1 heterocycles. The molecule has 2 aromatic rings. The Morgan fingerprint density at radius 2 is 1.78 bits per heavy atom. The van der Waals surface area contributed by atoms with Crippen LogP contribution < -0.4 is 15.4 Å². The first-order chi connectivity index (χ1) is 13.0. The molecule has 1 aliphatic heterocycles. The summed E-state index contributed by atoms with van der Waals surface area (Å²) in [6, 6.07) is 15.8. The van der Waals surface area contributed by atoms with Gasteiger partial charge in [0.1, 0.15) is 19.0 Å². The number of halogens is 1. The van der Waals surface area contributed by atoms with Gasteiger partial charge in [-0.3, -0.25) is 0 Å². The molecule has 3 rings (SSSR count). The number of nitrogens with one attached hydrogen (secondary N) is 2. The molecular formula is C20H19BrN2O4. The maximum Gasteiger partial charge on any atom is 0.338 e. The molecule has 2 N–H and O–H groups in total. The maximum atomic E-state index is 12.6. The molecule has 1 unspecified atom stereocenters. The Kier molecular flexibility index (Phi) is 6.13. The van der Waals surface area contributed by atoms with Gasteiger partial charge >= 0.3 is 12.0 Å². The molecule has 1 atom stereocenters. The fraction of sp³-hybridized carbons (Fsp3) is 0.200. The Hall–Kier alpha value is -2.80. The van der Waals surface area contributed by atoms with Crippen molar-refractivity contribution in [3.05, 3.63) is 75.9 Å². The lowest BCUT2D eigenvalue weighted by Gasteiger charge is -2.28. The monoisotopic (exact) mass is 430 g/mol. The van der Waals surface area contributed by atoms with E-state index in [0.717, 1.165) is 10.0 Å². The van der Waals surface area contributed by atoms with Gasteiger partial charge in [-0.05, 0) is 36.8 Å². The first-order valence-electron chi connectivity index (χ1n) is 8.43. The van der Waals surface area contributed by atoms with Crippen molar-refractivity contribution < 1.29 is 19.1 Å². The van der Waals surface area contributed by atoms with E-state index >= 15 is 0 Å². The lowest BCUT2D eigenvalue weighted by Crippen LogP contribution is -2.45. The Morgan fingerprint density at radius 3 is 2.48 bits per heavy atom. The van der Waals surface area contributed by atoms with Crippen LogP contribution in [-0.4, -0.2) is 25.2 Å². The van der Waals surface area contributed by atoms with E-state index in [4.69, 9.17) is 9.47 Å². The molecule has 0 spiro atoms. The summed E-state index contributed by atoms with van der Waals surface area (Å²) in [5.74, 6) is 0.216. The van der Waals surface area contributed by atoms with E-state index in [-0.39, 0.29) is 19.2 Å². The van der Waals surface area contributed by atoms with Crippen LogP contribution >= 0.6 is 15.9 Å². The highest BCUT2D eigenvalue weighted by Crippen LogP contribution is 2.28. The number of rotatable bonds is 6. The fourth-order valence-electron chi connectivity index (χ4n) is 2.76. The summed E-state index contributed by atoms with van der Waals surface area (Å²) in [5, 5.41) is 5.40. The molecule has 6 nitrogen and oxygen atoms in total. The quantitative estimate of drug-likeness (QED) is 0.540. The molecule has 0 bridgehead atoms. The number of hydrogen-bond donors (Lipinski definition) is 2. The van der Waals surface area contributed by atoms with Gasteiger partial charge in [0, 0.05) is 10.2 Å². The van der Waals surface area contributed by atoms with Crippen LogP contribution in [0.2, 0.25) is 0 Å². The molecule has 0 aromatic heterocycles. The first kappa shape index (κ1) is 19.0. The first-order valence-corrected chi connectivity index (χ1v) is 9.22. The minimum Gasteiger partial charge on any atom is -0.490 e. The smallest absolute Gasteiger partial charge is 0.338 e. The molecule has 0 radical (unpaired) electrons. The van der Waals surface area contributed by atoms with Crippen LogP contribution in [0, 0.1) is 0 Å². The van der Waals surface area contributed by atoms with Crippen LogP contribution in [0.25, 0.3) is 0 Å². The third kappa shape index (κ3) is 4.89. The second-order valence-corrected chi connectivity index (χ2v) is 6.83. The van der Waals surface area contributed by atoms with Gasteiger partial charge in [0.05, 0.1) is 11.6 Å². The number of esters is 1. The lowest BCUT2D eigenvalue weighted by molar-refractivity contribution is -0.140. The number of urea groups is 1. The summed E-state index contributed by atoms with van der Waals surface area (Å²) in [5.41, 5.74) is 1.64. The van der Waals surface area contributed by atoms with E-state index < -0.39 is 12.0 Å². The number of amides is 2. The van der Waals surface area contributed by atoms with E-state index in [0.29, 0.717) is 17.0 Å². The molecule has 0 aliphatic carbocycles. The van der Waals surface area contributed by atoms with Gasteiger partial charge in [-0.2, -0.15) is 0 Å². The molecule has 0 fully saturated rings. The maximum absolute atomic E-state index is 12.6. The third-order valence-corrected chi connectivity index (χ3v) is 4.55. The summed E-state index contributed by atoms with van der Waals surface area (Å²) in [7, 11) is 0. The molecule has 2 amide bonds. The largest absolute Gasteiger partial charge is 0.490 e. The van der Waals surface area contributed by atoms with Crippen molar-refractivity contribution in [3.8, 4) is 5.75 Å². The van der Waals surface area contributed by atoms with Crippen molar-refractivity contribution >= 4 is 27.9 Å². The highest BCUT2D eigenvalue weighted by Gasteiger charge is 2.32. The number of benzene rings is 2. The second kappa shape index (κ2) is 8.73. The van der Waals surface area contributed by atoms with Crippen LogP contribution in [0.5, 0.6) is 5.75 Å². The number of ether oxygens (including phenoxy) is 2. The highest BCUT2D eigenvalue weighted by molar-refractivity contribution is 9.10. The standard InChI is InChI=1S/C20H19BrN2O4/c1-13-17(19(24)27-12-11-26-16-5-3-2-4-6-16)18(23-20(25)22-13)14-7-9-15(21)10-8-14/h2-10,18H,11-12H2,1H3,(H2,22,23,25). The van der Waals surface area contributed by atoms with Crippen LogP contribution in [0.1, 0.15) is 18.5 Å². The van der Waals surface area contributed by atoms with E-state index in [9.17, 15) is 9.59 Å². The number of carbonyl (C=O) groups excluding carboxylic acids is 2. The zero-order valence-electron chi connectivity index (χ0n) is 14.7. The van der Waals surface area contributed by atoms with Crippen LogP contribution in [0.3, 0.4) is 0 Å². The van der Waals surface area contributed by atoms with Gasteiger partial charge in [-0.1, -0.05) is 46.3 Å². The van der Waals surface area contributed by atoms with Crippen molar-refractivity contribution in [2.45, 2.75) is 13.0 Å². The average molecular weight is 431 g/mol. The Morgan fingerprint density at radius 1 is 1.07 bits per heavy atom. The van der Waals surface area contributed by atoms with Crippen molar-refractivity contribution in [1.82, 2.24) is 10.6 Å². The third-order valence-electron chi connectivity index (χ3n) is 4.02. The summed E-state index contributed by atoms with van der Waals surface area (Å²) in [6.07, 6.45) is 0. The van der Waals surface area contributed by atoms with Crippen LogP contribution in [0.15, 0.2) is 70.3 Å². The summed E-state index contributed by atoms with van der Waals surface area (Å²) < 4.78 is 11.8. The lowest BCUT2D eigenvalue weighted by atomic mass is 9.96. The van der Waals surface area contributed by atoms with E-state index in [1.165, 1.54) is 0 Å². The predicted molar refractivity (Wildman–Crippen MR) is 104 cm³/mol. The van der Waals surface area contributed by atoms with E-state index in [1.54, 1.807) is 6.92 Å². The van der Waals surface area contributed by atoms with Crippen molar-refractivity contribution in [3.63, 3.8) is 0 Å². The average Bonchev–Trinajstić information content (AvgIpc) is 2.66. The summed E-state index contributed by atoms with van der Waals surface area (Å²) in [4.78, 5) is 24.5. The van der Waals surface area contributed by atoms with Crippen molar-refractivity contribution in [1.29, 1.82) is 0 Å². The predicted octanol–water partition coefficient (Wildman–Crippen LogP) is 3.70. The van der Waals surface area contributed by atoms with Gasteiger partial charge in [-0.25, -0.2) is 9.59 Å². The van der Waals surface area contributed by atoms with Gasteiger partial charge in [-0.15, -0.1) is 0 Å². The molecule has 7 heteroatoms. The van der Waals surface area contributed by atoms with Crippen LogP contribution in [-0.2, 0) is 9.53 Å². The molecule has 1 aliphatic rings. The number of hydrogen-bond acceptors (Lipinski definition) is 4. The zero-order valence-corrected chi connectivity index (χ0v) is 16.3. The SMILES string of the molecule is CC1=C(C(=O)OCCOc2ccccc2)C(c2ccc(Br)cc2)NC(=O)N1. The van der Waals surface area contributed by atoms with Gasteiger partial charge in [0.2, 0.25) is 0 Å². The van der Waals surface area contributed by atoms with E-state index in [2.05, 4.69) is 26.6 Å². The molecule has 2 aromatic carbocycles. The zero-order chi connectivity index (χ0) is 19.2. The van der Waals surface area contributed by atoms with Crippen molar-refractivity contribution in [2.24, 2.45) is 0 Å². The summed E-state index contributed by atoms with van der Waals surface area (Å²) in [6.45, 7) is 2.03. The van der Waals surface area contributed by atoms with Gasteiger partial charge < -0.3 is 20.1 Å². The molecule has 27 heavy (non-hydrogen) atoms. The minimum absolute atomic E-state index is 0.103. The number of allylic oxidation sites excluding steroid dienone is 1. The van der Waals surface area contributed by atoms with Gasteiger partial charge in [0.15, 0.2) is 0 Å². The number of para-hydroxylation sites is 1. The van der Waals surface area contributed by atoms with E-state index in [1.807, 2.05) is 54.6 Å². The molecule has 0 saturated heterocycles. The van der Waals surface area contributed by atoms with Gasteiger partial charge in [0.25, 0.3) is 0 Å². The van der Waals surface area contributed by atoms with Crippen molar-refractivity contribution in [2.75, 3.05) is 13.2 Å².